The molecule has 0 aliphatic heterocycles. The van der Waals surface area contributed by atoms with Gasteiger partial charge < -0.3 is 4.74 Å². The van der Waals surface area contributed by atoms with Gasteiger partial charge in [0.05, 0.1) is 6.20 Å². The molecule has 0 unspecified atom stereocenters. The first-order chi connectivity index (χ1) is 7.24. The number of aromatic nitrogens is 1. The second-order valence-corrected chi connectivity index (χ2v) is 5.14. The molecular formula is C10H7BrClNOS. The van der Waals surface area contributed by atoms with Crippen molar-refractivity contribution in [3.8, 4) is 5.75 Å². The van der Waals surface area contributed by atoms with Gasteiger partial charge >= 0.3 is 0 Å². The van der Waals surface area contributed by atoms with E-state index in [1.165, 1.54) is 0 Å². The highest BCUT2D eigenvalue weighted by Gasteiger charge is 1.99. The van der Waals surface area contributed by atoms with Gasteiger partial charge in [0.15, 0.2) is 0 Å². The molecule has 15 heavy (non-hydrogen) atoms. The Morgan fingerprint density at radius 3 is 2.93 bits per heavy atom. The zero-order valence-electron chi connectivity index (χ0n) is 7.61. The van der Waals surface area contributed by atoms with Crippen LogP contribution in [-0.2, 0) is 6.61 Å². The highest BCUT2D eigenvalue weighted by atomic mass is 79.9. The van der Waals surface area contributed by atoms with E-state index in [1.54, 1.807) is 29.7 Å². The second kappa shape index (κ2) is 4.96. The van der Waals surface area contributed by atoms with Crippen molar-refractivity contribution in [2.24, 2.45) is 0 Å². The van der Waals surface area contributed by atoms with E-state index >= 15 is 0 Å². The maximum Gasteiger partial charge on any atom is 0.138 e. The number of hydrogen-bond acceptors (Lipinski definition) is 3. The van der Waals surface area contributed by atoms with Crippen LogP contribution in [0.25, 0.3) is 0 Å². The van der Waals surface area contributed by atoms with Crippen molar-refractivity contribution in [2.45, 2.75) is 6.61 Å². The fraction of sp³-hybridized carbons (Fsp3) is 0.100. The van der Waals surface area contributed by atoms with E-state index in [0.29, 0.717) is 11.8 Å². The highest BCUT2D eigenvalue weighted by molar-refractivity contribution is 9.10. The Hall–Kier alpha value is -0.580. The zero-order chi connectivity index (χ0) is 10.7. The van der Waals surface area contributed by atoms with Gasteiger partial charge in [-0.3, -0.25) is 0 Å². The predicted octanol–water partition coefficient (Wildman–Crippen LogP) is 4.14. The van der Waals surface area contributed by atoms with E-state index in [2.05, 4.69) is 20.9 Å². The van der Waals surface area contributed by atoms with Gasteiger partial charge in [-0.05, 0) is 34.1 Å². The van der Waals surface area contributed by atoms with E-state index in [0.717, 1.165) is 15.1 Å². The van der Waals surface area contributed by atoms with E-state index in [4.69, 9.17) is 16.3 Å². The van der Waals surface area contributed by atoms with Crippen LogP contribution in [0.4, 0.5) is 0 Å². The van der Waals surface area contributed by atoms with Crippen molar-refractivity contribution in [3.63, 3.8) is 0 Å². The Kier molecular flexibility index (Phi) is 3.61. The third kappa shape index (κ3) is 3.19. The summed E-state index contributed by atoms with van der Waals surface area (Å²) in [5.74, 6) is 0.726. The molecule has 2 aromatic heterocycles. The minimum Gasteiger partial charge on any atom is -0.486 e. The van der Waals surface area contributed by atoms with Crippen LogP contribution in [0.15, 0.2) is 34.2 Å². The first-order valence-corrected chi connectivity index (χ1v) is 6.26. The lowest BCUT2D eigenvalue weighted by Crippen LogP contribution is -1.92. The van der Waals surface area contributed by atoms with Gasteiger partial charge in [0.25, 0.3) is 0 Å². The number of pyridine rings is 1. The van der Waals surface area contributed by atoms with Crippen molar-refractivity contribution in [1.82, 2.24) is 4.98 Å². The lowest BCUT2D eigenvalue weighted by molar-refractivity contribution is 0.308. The molecule has 78 valence electrons. The van der Waals surface area contributed by atoms with Crippen LogP contribution in [0.2, 0.25) is 5.15 Å². The first-order valence-electron chi connectivity index (χ1n) is 4.21. The van der Waals surface area contributed by atoms with E-state index in [-0.39, 0.29) is 0 Å². The topological polar surface area (TPSA) is 22.1 Å². The third-order valence-electron chi connectivity index (χ3n) is 1.70. The standard InChI is InChI=1S/C10H7BrClNOS/c11-7-3-9(15-6-7)5-14-8-1-2-10(12)13-4-8/h1-4,6H,5H2. The number of halogens is 2. The molecule has 5 heteroatoms. The SMILES string of the molecule is Clc1ccc(OCc2cc(Br)cs2)cn1. The Labute approximate surface area is 105 Å². The van der Waals surface area contributed by atoms with Gasteiger partial charge in [-0.25, -0.2) is 4.98 Å². The number of rotatable bonds is 3. The monoisotopic (exact) mass is 303 g/mol. The molecule has 0 aliphatic carbocycles. The molecular weight excluding hydrogens is 298 g/mol. The van der Waals surface area contributed by atoms with Crippen molar-refractivity contribution in [3.05, 3.63) is 44.3 Å². The summed E-state index contributed by atoms with van der Waals surface area (Å²) in [4.78, 5) is 5.09. The number of ether oxygens (including phenoxy) is 1. The normalized spacial score (nSPS) is 10.3. The van der Waals surface area contributed by atoms with E-state index < -0.39 is 0 Å². The van der Waals surface area contributed by atoms with E-state index in [1.807, 2.05) is 11.4 Å². The third-order valence-corrected chi connectivity index (χ3v) is 3.60. The number of hydrogen-bond donors (Lipinski definition) is 0. The van der Waals surface area contributed by atoms with Crippen LogP contribution in [0.3, 0.4) is 0 Å². The molecule has 2 heterocycles. The summed E-state index contributed by atoms with van der Waals surface area (Å²) >= 11 is 10.7. The van der Waals surface area contributed by atoms with Crippen LogP contribution in [-0.4, -0.2) is 4.98 Å². The molecule has 2 nitrogen and oxygen atoms in total. The summed E-state index contributed by atoms with van der Waals surface area (Å²) in [6.45, 7) is 0.555. The van der Waals surface area contributed by atoms with Crippen LogP contribution in [0.5, 0.6) is 5.75 Å². The molecule has 0 aromatic carbocycles. The molecule has 0 amide bonds. The lowest BCUT2D eigenvalue weighted by atomic mass is 10.4. The summed E-state index contributed by atoms with van der Waals surface area (Å²) < 4.78 is 6.61. The molecule has 0 aliphatic rings. The Morgan fingerprint density at radius 2 is 2.33 bits per heavy atom. The molecule has 0 bridgehead atoms. The van der Waals surface area contributed by atoms with Crippen LogP contribution < -0.4 is 4.74 Å². The molecule has 2 rings (SSSR count). The lowest BCUT2D eigenvalue weighted by Gasteiger charge is -2.03. The first kappa shape index (κ1) is 10.9. The maximum atomic E-state index is 5.66. The summed E-state index contributed by atoms with van der Waals surface area (Å²) in [7, 11) is 0. The summed E-state index contributed by atoms with van der Waals surface area (Å²) in [5.41, 5.74) is 0. The summed E-state index contributed by atoms with van der Waals surface area (Å²) in [6.07, 6.45) is 1.62. The van der Waals surface area contributed by atoms with E-state index in [9.17, 15) is 0 Å². The highest BCUT2D eigenvalue weighted by Crippen LogP contribution is 2.21. The minimum atomic E-state index is 0.473. The van der Waals surface area contributed by atoms with Crippen LogP contribution in [0.1, 0.15) is 4.88 Å². The largest absolute Gasteiger partial charge is 0.486 e. The van der Waals surface area contributed by atoms with Crippen LogP contribution >= 0.6 is 38.9 Å². The van der Waals surface area contributed by atoms with Gasteiger partial charge in [-0.1, -0.05) is 11.6 Å². The molecule has 0 atom stereocenters. The van der Waals surface area contributed by atoms with Crippen molar-refractivity contribution in [1.29, 1.82) is 0 Å². The molecule has 0 N–H and O–H groups in total. The van der Waals surface area contributed by atoms with Crippen LogP contribution in [0, 0.1) is 0 Å². The van der Waals surface area contributed by atoms with Crippen molar-refractivity contribution >= 4 is 38.9 Å². The second-order valence-electron chi connectivity index (χ2n) is 2.84. The zero-order valence-corrected chi connectivity index (χ0v) is 10.8. The Bertz CT molecular complexity index is 443. The fourth-order valence-electron chi connectivity index (χ4n) is 1.03. The Morgan fingerprint density at radius 1 is 1.47 bits per heavy atom. The molecule has 2 aromatic rings. The molecule has 0 fully saturated rings. The molecule has 0 saturated carbocycles. The quantitative estimate of drug-likeness (QED) is 0.795. The average molecular weight is 305 g/mol. The van der Waals surface area contributed by atoms with Gasteiger partial charge in [-0.2, -0.15) is 0 Å². The molecule has 0 spiro atoms. The average Bonchev–Trinajstić information content (AvgIpc) is 2.64. The maximum absolute atomic E-state index is 5.66. The van der Waals surface area contributed by atoms with Crippen molar-refractivity contribution < 1.29 is 4.74 Å². The predicted molar refractivity (Wildman–Crippen MR) is 65.6 cm³/mol. The van der Waals surface area contributed by atoms with Gasteiger partial charge in [0.1, 0.15) is 17.5 Å². The summed E-state index contributed by atoms with van der Waals surface area (Å²) in [6, 6.07) is 5.55. The smallest absolute Gasteiger partial charge is 0.138 e. The number of nitrogens with zero attached hydrogens (tertiary/aromatic N) is 1. The van der Waals surface area contributed by atoms with Crippen molar-refractivity contribution in [2.75, 3.05) is 0 Å². The summed E-state index contributed by atoms with van der Waals surface area (Å²) in [5, 5.41) is 2.50. The number of thiophene rings is 1. The minimum absolute atomic E-state index is 0.473. The molecule has 0 radical (unpaired) electrons. The Balaban J connectivity index is 1.96. The fourth-order valence-corrected chi connectivity index (χ4v) is 2.51. The van der Waals surface area contributed by atoms with Gasteiger partial charge in [-0.15, -0.1) is 11.3 Å². The molecule has 0 saturated heterocycles. The van der Waals surface area contributed by atoms with Gasteiger partial charge in [0.2, 0.25) is 0 Å². The van der Waals surface area contributed by atoms with Gasteiger partial charge in [0, 0.05) is 14.7 Å².